The highest BCUT2D eigenvalue weighted by Gasteiger charge is 2.32. The smallest absolute Gasteiger partial charge is 0.319 e. The molecule has 0 bridgehead atoms. The van der Waals surface area contributed by atoms with Crippen LogP contribution in [-0.4, -0.2) is 73.3 Å². The van der Waals surface area contributed by atoms with Gasteiger partial charge >= 0.3 is 11.9 Å². The molecule has 0 heterocycles. The monoisotopic (exact) mass is 657 g/mol. The summed E-state index contributed by atoms with van der Waals surface area (Å²) in [4.78, 5) is 24.6. The highest BCUT2D eigenvalue weighted by atomic mass is 32.2. The Morgan fingerprint density at radius 3 is 1.59 bits per heavy atom. The summed E-state index contributed by atoms with van der Waals surface area (Å²) >= 11 is 12.8. The van der Waals surface area contributed by atoms with Crippen LogP contribution in [-0.2, 0) is 32.7 Å². The minimum Gasteiger partial charge on any atom is -0.476 e. The average molecular weight is 658 g/mol. The van der Waals surface area contributed by atoms with Gasteiger partial charge in [0.25, 0.3) is 0 Å². The summed E-state index contributed by atoms with van der Waals surface area (Å²) in [5.41, 5.74) is 0. The molecular formula is C26H49O7S4Si2. The second-order valence-corrected chi connectivity index (χ2v) is 23.4. The molecule has 0 aromatic carbocycles. The first kappa shape index (κ1) is 38.8. The van der Waals surface area contributed by atoms with Gasteiger partial charge in [0.05, 0.1) is 19.3 Å². The van der Waals surface area contributed by atoms with Crippen LogP contribution in [0.4, 0.5) is 0 Å². The van der Waals surface area contributed by atoms with Crippen LogP contribution in [0.3, 0.4) is 0 Å². The van der Waals surface area contributed by atoms with E-state index in [1.165, 1.54) is 23.5 Å². The first-order valence-electron chi connectivity index (χ1n) is 13.6. The molecule has 0 aliphatic carbocycles. The molecule has 0 rings (SSSR count). The summed E-state index contributed by atoms with van der Waals surface area (Å²) in [5, 5.41) is -0.821. The first-order valence-corrected chi connectivity index (χ1v) is 22.4. The van der Waals surface area contributed by atoms with Crippen molar-refractivity contribution in [2.45, 2.75) is 122 Å². The van der Waals surface area contributed by atoms with Crippen LogP contribution in [0.25, 0.3) is 0 Å². The van der Waals surface area contributed by atoms with E-state index in [9.17, 15) is 9.59 Å². The molecule has 7 nitrogen and oxygen atoms in total. The fourth-order valence-electron chi connectivity index (χ4n) is 3.33. The minimum absolute atomic E-state index is 0.0363. The SMILES string of the molecule is C[CH]C(C)OC(=S)SC(C)C(=O)OCCC[Si](C)(C)O[Si](C)(C)CCCOC(=O)C(C)SC(=S)OC(C)CC. The Morgan fingerprint density at radius 2 is 1.21 bits per heavy atom. The van der Waals surface area contributed by atoms with Crippen LogP contribution >= 0.6 is 48.0 Å². The van der Waals surface area contributed by atoms with E-state index >= 15 is 0 Å². The molecule has 1 radical (unpaired) electrons. The zero-order chi connectivity index (χ0) is 30.2. The van der Waals surface area contributed by atoms with E-state index in [0.717, 1.165) is 31.4 Å². The third kappa shape index (κ3) is 19.5. The van der Waals surface area contributed by atoms with Crippen molar-refractivity contribution in [2.24, 2.45) is 0 Å². The van der Waals surface area contributed by atoms with Gasteiger partial charge in [0.2, 0.25) is 8.77 Å². The van der Waals surface area contributed by atoms with Gasteiger partial charge in [-0.25, -0.2) is 0 Å². The normalized spacial score (nSPS) is 15.0. The predicted molar refractivity (Wildman–Crippen MR) is 177 cm³/mol. The van der Waals surface area contributed by atoms with Gasteiger partial charge in [-0.3, -0.25) is 9.59 Å². The summed E-state index contributed by atoms with van der Waals surface area (Å²) in [6.45, 7) is 20.8. The summed E-state index contributed by atoms with van der Waals surface area (Å²) in [6.07, 6.45) is 4.22. The Bertz CT molecular complexity index is 721. The number of hydrogen-bond donors (Lipinski definition) is 0. The Kier molecular flexibility index (Phi) is 19.8. The molecule has 0 aromatic heterocycles. The average Bonchev–Trinajstić information content (AvgIpc) is 2.82. The number of rotatable bonds is 18. The first-order chi connectivity index (χ1) is 18.0. The van der Waals surface area contributed by atoms with Crippen LogP contribution in [0.15, 0.2) is 0 Å². The molecule has 227 valence electrons. The molecule has 0 fully saturated rings. The summed E-state index contributed by atoms with van der Waals surface area (Å²) < 4.78 is 29.4. The molecule has 4 unspecified atom stereocenters. The van der Waals surface area contributed by atoms with Gasteiger partial charge in [0, 0.05) is 0 Å². The third-order valence-corrected chi connectivity index (χ3v) is 15.7. The lowest BCUT2D eigenvalue weighted by atomic mass is 10.3. The summed E-state index contributed by atoms with van der Waals surface area (Å²) in [6, 6.07) is 1.79. The molecule has 0 aromatic rings. The molecule has 0 saturated carbocycles. The van der Waals surface area contributed by atoms with E-state index in [2.05, 4.69) is 26.2 Å². The standard InChI is InChI=1S/C26H49O7S4Si2/c1-11-19(3)31-25(34)36-21(5)23(27)29-15-13-17-38(7,8)33-39(9,10)18-14-16-30-24(28)22(6)37-26(35)32-20(4)12-2/h11,19-22H,12-18H2,1-10H3. The molecule has 0 saturated heterocycles. The maximum absolute atomic E-state index is 12.3. The predicted octanol–water partition coefficient (Wildman–Crippen LogP) is 7.54. The van der Waals surface area contributed by atoms with E-state index in [1.807, 2.05) is 34.1 Å². The second-order valence-electron chi connectivity index (χ2n) is 10.7. The summed E-state index contributed by atoms with van der Waals surface area (Å²) in [7, 11) is -3.88. The lowest BCUT2D eigenvalue weighted by molar-refractivity contribution is -0.143. The number of thioether (sulfide) groups is 2. The lowest BCUT2D eigenvalue weighted by Crippen LogP contribution is -2.44. The van der Waals surface area contributed by atoms with E-state index in [-0.39, 0.29) is 24.1 Å². The van der Waals surface area contributed by atoms with Gasteiger partial charge < -0.3 is 23.1 Å². The molecular weight excluding hydrogens is 609 g/mol. The van der Waals surface area contributed by atoms with Crippen molar-refractivity contribution in [2.75, 3.05) is 13.2 Å². The van der Waals surface area contributed by atoms with Gasteiger partial charge in [-0.15, -0.1) is 0 Å². The number of carbonyl (C=O) groups is 2. The Morgan fingerprint density at radius 1 is 0.795 bits per heavy atom. The lowest BCUT2D eigenvalue weighted by Gasteiger charge is -2.34. The van der Waals surface area contributed by atoms with Crippen molar-refractivity contribution in [3.05, 3.63) is 6.42 Å². The molecule has 39 heavy (non-hydrogen) atoms. The van der Waals surface area contributed by atoms with E-state index in [0.29, 0.717) is 22.0 Å². The third-order valence-electron chi connectivity index (χ3n) is 5.72. The van der Waals surface area contributed by atoms with Crippen molar-refractivity contribution < 1.29 is 32.7 Å². The van der Waals surface area contributed by atoms with Crippen LogP contribution in [0.5, 0.6) is 0 Å². The largest absolute Gasteiger partial charge is 0.476 e. The van der Waals surface area contributed by atoms with Gasteiger partial charge in [-0.1, -0.05) is 37.4 Å². The number of hydrogen-bond acceptors (Lipinski definition) is 11. The zero-order valence-corrected chi connectivity index (χ0v) is 30.6. The molecule has 0 spiro atoms. The van der Waals surface area contributed by atoms with Gasteiger partial charge in [-0.2, -0.15) is 0 Å². The highest BCUT2D eigenvalue weighted by molar-refractivity contribution is 8.23. The number of esters is 2. The van der Waals surface area contributed by atoms with Crippen LogP contribution in [0, 0.1) is 6.42 Å². The zero-order valence-electron chi connectivity index (χ0n) is 25.3. The van der Waals surface area contributed by atoms with Crippen molar-refractivity contribution in [1.29, 1.82) is 0 Å². The topological polar surface area (TPSA) is 80.3 Å². The van der Waals surface area contributed by atoms with Crippen LogP contribution < -0.4 is 0 Å². The molecule has 13 heteroatoms. The Labute approximate surface area is 258 Å². The number of carbonyl (C=O) groups excluding carboxylic acids is 2. The number of thiocarbonyl (C=S) groups is 2. The number of ether oxygens (including phenoxy) is 4. The van der Waals surface area contributed by atoms with E-state index in [4.69, 9.17) is 47.5 Å². The molecule has 0 aliphatic rings. The van der Waals surface area contributed by atoms with E-state index < -0.39 is 27.1 Å². The quantitative estimate of drug-likeness (QED) is 0.0635. The Hall–Kier alpha value is -0.186. The Balaban J connectivity index is 4.30. The molecule has 0 amide bonds. The van der Waals surface area contributed by atoms with Crippen LogP contribution in [0.2, 0.25) is 38.3 Å². The maximum atomic E-state index is 12.3. The van der Waals surface area contributed by atoms with Crippen molar-refractivity contribution >= 4 is 85.3 Å². The molecule has 4 atom stereocenters. The molecule has 0 N–H and O–H groups in total. The van der Waals surface area contributed by atoms with E-state index in [1.54, 1.807) is 13.8 Å². The van der Waals surface area contributed by atoms with Crippen molar-refractivity contribution in [3.63, 3.8) is 0 Å². The van der Waals surface area contributed by atoms with Crippen molar-refractivity contribution in [3.8, 4) is 0 Å². The van der Waals surface area contributed by atoms with Crippen molar-refractivity contribution in [1.82, 2.24) is 0 Å². The second kappa shape index (κ2) is 19.8. The minimum atomic E-state index is -1.94. The highest BCUT2D eigenvalue weighted by Crippen LogP contribution is 2.25. The van der Waals surface area contributed by atoms with Gasteiger partial charge in [0.15, 0.2) is 16.6 Å². The van der Waals surface area contributed by atoms with Gasteiger partial charge in [0.1, 0.15) is 16.6 Å². The van der Waals surface area contributed by atoms with Crippen LogP contribution in [0.1, 0.15) is 60.8 Å². The summed E-state index contributed by atoms with van der Waals surface area (Å²) in [5.74, 6) is -0.572. The fraction of sp³-hybridized carbons (Fsp3) is 0.808. The van der Waals surface area contributed by atoms with Gasteiger partial charge in [-0.05, 0) is 116 Å². The fourth-order valence-corrected chi connectivity index (χ4v) is 14.6. The maximum Gasteiger partial charge on any atom is 0.319 e. The molecule has 0 aliphatic heterocycles.